The van der Waals surface area contributed by atoms with Crippen LogP contribution in [-0.4, -0.2) is 42.4 Å². The number of amides is 1. The van der Waals surface area contributed by atoms with Crippen LogP contribution in [0, 0.1) is 0 Å². The summed E-state index contributed by atoms with van der Waals surface area (Å²) in [5, 5.41) is 0. The van der Waals surface area contributed by atoms with E-state index in [2.05, 4.69) is 4.74 Å². The lowest BCUT2D eigenvalue weighted by atomic mass is 9.94. The highest BCUT2D eigenvalue weighted by atomic mass is 19.3. The van der Waals surface area contributed by atoms with Gasteiger partial charge in [-0.1, -0.05) is 24.3 Å². The maximum Gasteiger partial charge on any atom is 0.330 e. The van der Waals surface area contributed by atoms with Crippen molar-refractivity contribution in [1.29, 1.82) is 0 Å². The number of hydrogen-bond acceptors (Lipinski definition) is 2. The van der Waals surface area contributed by atoms with E-state index in [-0.39, 0.29) is 25.0 Å². The van der Waals surface area contributed by atoms with Gasteiger partial charge in [-0.3, -0.25) is 4.79 Å². The van der Waals surface area contributed by atoms with Gasteiger partial charge >= 0.3 is 12.3 Å². The second-order valence-corrected chi connectivity index (χ2v) is 5.71. The fraction of sp³-hybridized carbons (Fsp3) is 0.562. The molecule has 0 fully saturated rings. The van der Waals surface area contributed by atoms with Crippen molar-refractivity contribution in [3.8, 4) is 0 Å². The lowest BCUT2D eigenvalue weighted by Crippen LogP contribution is -2.43. The monoisotopic (exact) mass is 333 g/mol. The minimum absolute atomic E-state index is 0.0000880. The Kier molecular flexibility index (Phi) is 5.62. The van der Waals surface area contributed by atoms with Gasteiger partial charge < -0.3 is 9.64 Å². The SMILES string of the molecule is C[C@@H]1Cc2ccccc2CN1C(=O)CCOCC(F)(F)C(F)F. The van der Waals surface area contributed by atoms with E-state index >= 15 is 0 Å². The fourth-order valence-electron chi connectivity index (χ4n) is 2.59. The van der Waals surface area contributed by atoms with Crippen LogP contribution in [0.3, 0.4) is 0 Å². The van der Waals surface area contributed by atoms with Crippen LogP contribution in [0.15, 0.2) is 24.3 Å². The Hall–Kier alpha value is -1.63. The van der Waals surface area contributed by atoms with Gasteiger partial charge in [-0.2, -0.15) is 8.78 Å². The lowest BCUT2D eigenvalue weighted by molar-refractivity contribution is -0.167. The highest BCUT2D eigenvalue weighted by Crippen LogP contribution is 2.24. The summed E-state index contributed by atoms with van der Waals surface area (Å²) in [6, 6.07) is 7.80. The molecule has 0 unspecified atom stereocenters. The summed E-state index contributed by atoms with van der Waals surface area (Å²) >= 11 is 0. The Bertz CT molecular complexity index is 551. The van der Waals surface area contributed by atoms with Crippen LogP contribution in [-0.2, 0) is 22.5 Å². The lowest BCUT2D eigenvalue weighted by Gasteiger charge is -2.35. The van der Waals surface area contributed by atoms with Crippen LogP contribution in [0.1, 0.15) is 24.5 Å². The number of nitrogens with zero attached hydrogens (tertiary/aromatic N) is 1. The van der Waals surface area contributed by atoms with Gasteiger partial charge in [-0.25, -0.2) is 8.78 Å². The molecular weight excluding hydrogens is 314 g/mol. The zero-order valence-electron chi connectivity index (χ0n) is 12.8. The Morgan fingerprint density at radius 3 is 2.65 bits per heavy atom. The summed E-state index contributed by atoms with van der Waals surface area (Å²) < 4.78 is 53.9. The van der Waals surface area contributed by atoms with E-state index in [4.69, 9.17) is 0 Å². The van der Waals surface area contributed by atoms with E-state index < -0.39 is 19.0 Å². The Morgan fingerprint density at radius 2 is 2.00 bits per heavy atom. The molecule has 1 aliphatic rings. The van der Waals surface area contributed by atoms with Crippen molar-refractivity contribution in [1.82, 2.24) is 4.90 Å². The maximum absolute atomic E-state index is 12.7. The van der Waals surface area contributed by atoms with Crippen LogP contribution in [0.2, 0.25) is 0 Å². The molecule has 1 aromatic rings. The molecule has 0 spiro atoms. The number of carbonyl (C=O) groups is 1. The van der Waals surface area contributed by atoms with Gasteiger partial charge in [0.1, 0.15) is 6.61 Å². The van der Waals surface area contributed by atoms with Gasteiger partial charge in [0.15, 0.2) is 0 Å². The number of carbonyl (C=O) groups excluding carboxylic acids is 1. The average Bonchev–Trinajstić information content (AvgIpc) is 2.50. The normalized spacial score (nSPS) is 18.2. The summed E-state index contributed by atoms with van der Waals surface area (Å²) in [7, 11) is 0. The van der Waals surface area contributed by atoms with E-state index in [1.54, 1.807) is 4.90 Å². The molecule has 2 rings (SSSR count). The summed E-state index contributed by atoms with van der Waals surface area (Å²) in [5.41, 5.74) is 2.25. The van der Waals surface area contributed by atoms with E-state index in [9.17, 15) is 22.4 Å². The zero-order valence-corrected chi connectivity index (χ0v) is 12.8. The Morgan fingerprint density at radius 1 is 1.35 bits per heavy atom. The van der Waals surface area contributed by atoms with E-state index in [0.29, 0.717) is 6.54 Å². The topological polar surface area (TPSA) is 29.5 Å². The first-order valence-electron chi connectivity index (χ1n) is 7.41. The van der Waals surface area contributed by atoms with Crippen LogP contribution in [0.5, 0.6) is 0 Å². The predicted molar refractivity (Wildman–Crippen MR) is 76.5 cm³/mol. The minimum atomic E-state index is -4.18. The Labute approximate surface area is 132 Å². The van der Waals surface area contributed by atoms with Crippen molar-refractivity contribution in [3.05, 3.63) is 35.4 Å². The molecule has 0 radical (unpaired) electrons. The molecule has 1 aliphatic heterocycles. The van der Waals surface area contributed by atoms with Crippen molar-refractivity contribution in [3.63, 3.8) is 0 Å². The second kappa shape index (κ2) is 7.29. The van der Waals surface area contributed by atoms with E-state index in [1.165, 1.54) is 5.56 Å². The minimum Gasteiger partial charge on any atom is -0.374 e. The number of benzene rings is 1. The average molecular weight is 333 g/mol. The number of ether oxygens (including phenoxy) is 1. The molecule has 0 saturated heterocycles. The van der Waals surface area contributed by atoms with E-state index in [1.807, 2.05) is 31.2 Å². The fourth-order valence-corrected chi connectivity index (χ4v) is 2.59. The summed E-state index contributed by atoms with van der Waals surface area (Å²) in [6.07, 6.45) is -3.14. The van der Waals surface area contributed by atoms with Crippen LogP contribution in [0.25, 0.3) is 0 Å². The summed E-state index contributed by atoms with van der Waals surface area (Å²) in [6.45, 7) is 0.700. The molecule has 1 aromatic carbocycles. The van der Waals surface area contributed by atoms with Crippen LogP contribution >= 0.6 is 0 Å². The molecule has 1 heterocycles. The zero-order chi connectivity index (χ0) is 17.0. The van der Waals surface area contributed by atoms with Gasteiger partial charge in [0.05, 0.1) is 13.0 Å². The number of rotatable bonds is 6. The molecule has 0 N–H and O–H groups in total. The number of halogens is 4. The second-order valence-electron chi connectivity index (χ2n) is 5.71. The molecule has 0 aromatic heterocycles. The quantitative estimate of drug-likeness (QED) is 0.591. The number of alkyl halides is 4. The third kappa shape index (κ3) is 4.43. The van der Waals surface area contributed by atoms with Crippen molar-refractivity contribution >= 4 is 5.91 Å². The van der Waals surface area contributed by atoms with Gasteiger partial charge in [-0.05, 0) is 24.5 Å². The Balaban J connectivity index is 1.82. The third-order valence-electron chi connectivity index (χ3n) is 3.90. The van der Waals surface area contributed by atoms with Crippen molar-refractivity contribution < 1.29 is 27.1 Å². The van der Waals surface area contributed by atoms with Gasteiger partial charge in [0.25, 0.3) is 0 Å². The van der Waals surface area contributed by atoms with Crippen molar-refractivity contribution in [2.75, 3.05) is 13.2 Å². The molecule has 23 heavy (non-hydrogen) atoms. The smallest absolute Gasteiger partial charge is 0.330 e. The standard InChI is InChI=1S/C16H19F4NO2/c1-11-8-12-4-2-3-5-13(12)9-21(11)14(22)6-7-23-10-16(19,20)15(17)18/h2-5,11,15H,6-10H2,1H3/t11-/m1/s1. The molecule has 128 valence electrons. The number of fused-ring (bicyclic) bond motifs is 1. The number of hydrogen-bond donors (Lipinski definition) is 0. The van der Waals surface area contributed by atoms with E-state index in [0.717, 1.165) is 12.0 Å². The summed E-state index contributed by atoms with van der Waals surface area (Å²) in [5.74, 6) is -4.41. The van der Waals surface area contributed by atoms with Crippen molar-refractivity contribution in [2.45, 2.75) is 44.7 Å². The summed E-state index contributed by atoms with van der Waals surface area (Å²) in [4.78, 5) is 13.9. The molecule has 3 nitrogen and oxygen atoms in total. The highest BCUT2D eigenvalue weighted by molar-refractivity contribution is 5.77. The first-order chi connectivity index (χ1) is 10.8. The third-order valence-corrected chi connectivity index (χ3v) is 3.90. The predicted octanol–water partition coefficient (Wildman–Crippen LogP) is 3.27. The molecule has 0 saturated carbocycles. The van der Waals surface area contributed by atoms with Gasteiger partial charge in [0.2, 0.25) is 5.91 Å². The highest BCUT2D eigenvalue weighted by Gasteiger charge is 2.41. The van der Waals surface area contributed by atoms with Crippen LogP contribution in [0.4, 0.5) is 17.6 Å². The molecule has 1 amide bonds. The molecule has 0 bridgehead atoms. The van der Waals surface area contributed by atoms with Gasteiger partial charge in [-0.15, -0.1) is 0 Å². The molecule has 0 aliphatic carbocycles. The molecular formula is C16H19F4NO2. The molecule has 7 heteroatoms. The first-order valence-corrected chi connectivity index (χ1v) is 7.41. The van der Waals surface area contributed by atoms with Crippen LogP contribution < -0.4 is 0 Å². The van der Waals surface area contributed by atoms with Crippen molar-refractivity contribution in [2.24, 2.45) is 0 Å². The first kappa shape index (κ1) is 17.7. The largest absolute Gasteiger partial charge is 0.374 e. The molecule has 1 atom stereocenters. The maximum atomic E-state index is 12.7. The van der Waals surface area contributed by atoms with Gasteiger partial charge in [0, 0.05) is 12.6 Å².